The number of rotatable bonds is 4. The summed E-state index contributed by atoms with van der Waals surface area (Å²) in [6.07, 6.45) is 10.3. The maximum Gasteiger partial charge on any atom is 0.245 e. The number of carbonyl (C=O) groups is 2. The molecule has 0 radical (unpaired) electrons. The van der Waals surface area contributed by atoms with Gasteiger partial charge in [0.05, 0.1) is 12.3 Å². The zero-order chi connectivity index (χ0) is 29.3. The highest BCUT2D eigenvalue weighted by molar-refractivity contribution is 5.92. The number of carbonyl (C=O) groups excluding carboxylic acids is 2. The summed E-state index contributed by atoms with van der Waals surface area (Å²) in [6, 6.07) is 15.7. The number of piperidine rings is 1. The molecule has 1 fully saturated rings. The van der Waals surface area contributed by atoms with Crippen molar-refractivity contribution in [3.05, 3.63) is 85.1 Å². The van der Waals surface area contributed by atoms with Gasteiger partial charge in [0.1, 0.15) is 5.75 Å². The zero-order valence-corrected chi connectivity index (χ0v) is 24.1. The number of amides is 2. The Bertz CT molecular complexity index is 1460. The van der Waals surface area contributed by atoms with E-state index in [-0.39, 0.29) is 17.7 Å². The molecule has 3 heterocycles. The Labute approximate surface area is 247 Å². The van der Waals surface area contributed by atoms with Crippen LogP contribution in [0.3, 0.4) is 0 Å². The monoisotopic (exact) mass is 566 g/mol. The third-order valence-electron chi connectivity index (χ3n) is 7.39. The molecule has 42 heavy (non-hydrogen) atoms. The molecular formula is C33H38N6O3. The third kappa shape index (κ3) is 8.04. The van der Waals surface area contributed by atoms with E-state index in [0.29, 0.717) is 44.3 Å². The highest BCUT2D eigenvalue weighted by Crippen LogP contribution is 2.27. The van der Waals surface area contributed by atoms with Crippen molar-refractivity contribution < 1.29 is 14.3 Å². The van der Waals surface area contributed by atoms with Crippen LogP contribution in [0.5, 0.6) is 5.75 Å². The topological polar surface area (TPSA) is 99.7 Å². The van der Waals surface area contributed by atoms with Crippen molar-refractivity contribution in [3.63, 3.8) is 0 Å². The van der Waals surface area contributed by atoms with E-state index in [1.54, 1.807) is 11.1 Å². The summed E-state index contributed by atoms with van der Waals surface area (Å²) >= 11 is 0. The molecule has 5 rings (SSSR count). The lowest BCUT2D eigenvalue weighted by Gasteiger charge is -2.31. The lowest BCUT2D eigenvalue weighted by Crippen LogP contribution is -2.40. The number of anilines is 3. The first kappa shape index (κ1) is 29.0. The summed E-state index contributed by atoms with van der Waals surface area (Å²) < 4.78 is 5.96. The van der Waals surface area contributed by atoms with E-state index >= 15 is 0 Å². The minimum absolute atomic E-state index is 0.0675. The molecular weight excluding hydrogens is 528 g/mol. The van der Waals surface area contributed by atoms with E-state index < -0.39 is 0 Å². The average Bonchev–Trinajstić information content (AvgIpc) is 2.98. The molecule has 1 atom stereocenters. The summed E-state index contributed by atoms with van der Waals surface area (Å²) in [6.45, 7) is 6.94. The number of hydrogen-bond acceptors (Lipinski definition) is 7. The Kier molecular flexibility index (Phi) is 9.61. The van der Waals surface area contributed by atoms with Crippen LogP contribution in [-0.2, 0) is 16.1 Å². The first-order chi connectivity index (χ1) is 20.4. The average molecular weight is 567 g/mol. The molecule has 0 saturated carbocycles. The number of hydrogen-bond donors (Lipinski definition) is 2. The van der Waals surface area contributed by atoms with E-state index in [4.69, 9.17) is 9.72 Å². The van der Waals surface area contributed by atoms with Crippen molar-refractivity contribution in [1.29, 1.82) is 0 Å². The second kappa shape index (κ2) is 13.9. The van der Waals surface area contributed by atoms with Gasteiger partial charge in [0.2, 0.25) is 17.8 Å². The van der Waals surface area contributed by atoms with E-state index in [2.05, 4.69) is 52.4 Å². The summed E-state index contributed by atoms with van der Waals surface area (Å²) in [4.78, 5) is 38.4. The van der Waals surface area contributed by atoms with Gasteiger partial charge in [-0.05, 0) is 80.3 Å². The van der Waals surface area contributed by atoms with Gasteiger partial charge in [0.25, 0.3) is 0 Å². The van der Waals surface area contributed by atoms with Crippen LogP contribution in [0.25, 0.3) is 11.3 Å². The van der Waals surface area contributed by atoms with Gasteiger partial charge in [-0.1, -0.05) is 30.9 Å². The number of nitrogens with zero attached hydrogens (tertiary/aromatic N) is 4. The van der Waals surface area contributed by atoms with Gasteiger partial charge in [-0.3, -0.25) is 14.5 Å². The zero-order valence-electron chi connectivity index (χ0n) is 24.1. The van der Waals surface area contributed by atoms with Gasteiger partial charge in [-0.25, -0.2) is 9.97 Å². The molecule has 6 bridgehead atoms. The molecule has 2 aliphatic rings. The molecule has 0 spiro atoms. The fraction of sp³-hybridized carbons (Fsp3) is 0.333. The van der Waals surface area contributed by atoms with Crippen LogP contribution < -0.4 is 15.4 Å². The van der Waals surface area contributed by atoms with Crippen LogP contribution >= 0.6 is 0 Å². The van der Waals surface area contributed by atoms with Crippen molar-refractivity contribution in [3.8, 4) is 17.0 Å². The van der Waals surface area contributed by atoms with Gasteiger partial charge in [0.15, 0.2) is 0 Å². The molecule has 2 amide bonds. The number of likely N-dealkylation sites (tertiary alicyclic amines) is 1. The van der Waals surface area contributed by atoms with Gasteiger partial charge in [0, 0.05) is 55.7 Å². The maximum absolute atomic E-state index is 13.1. The molecule has 1 saturated heterocycles. The summed E-state index contributed by atoms with van der Waals surface area (Å²) in [5.41, 5.74) is 4.24. The fourth-order valence-corrected chi connectivity index (χ4v) is 5.41. The third-order valence-corrected chi connectivity index (χ3v) is 7.39. The van der Waals surface area contributed by atoms with Crippen molar-refractivity contribution in [2.24, 2.45) is 5.92 Å². The second-order valence-corrected chi connectivity index (χ2v) is 10.9. The molecule has 1 aromatic heterocycles. The number of ether oxygens (including phenoxy) is 1. The standard InChI is InChI=1S/C33H38N6O3/c1-3-32(41)39-15-8-9-24(23-39)19-31(40)35-27-17-25-18-28(21-27)36-33-34-13-12-30(37-33)26-10-7-11-29(20-26)42-16-6-4-5-14-38(2)22-25/h3-5,7,10-13,17-18,20-21,24H,1,6,8-9,14-16,19,22-23H2,2H3,(H,35,40)(H,34,36,37)/b5-4+. The lowest BCUT2D eigenvalue weighted by molar-refractivity contribution is -0.128. The van der Waals surface area contributed by atoms with Gasteiger partial charge in [-0.15, -0.1) is 0 Å². The number of likely N-dealkylation sites (N-methyl/N-ethyl adjacent to an activating group) is 1. The Morgan fingerprint density at radius 3 is 2.98 bits per heavy atom. The van der Waals surface area contributed by atoms with Crippen LogP contribution in [0.15, 0.2) is 79.5 Å². The first-order valence-corrected chi connectivity index (χ1v) is 14.5. The van der Waals surface area contributed by atoms with E-state index in [9.17, 15) is 9.59 Å². The number of benzene rings is 2. The Balaban J connectivity index is 1.37. The summed E-state index contributed by atoms with van der Waals surface area (Å²) in [7, 11) is 2.06. The normalized spacial score (nSPS) is 18.4. The minimum Gasteiger partial charge on any atom is -0.493 e. The second-order valence-electron chi connectivity index (χ2n) is 10.9. The van der Waals surface area contributed by atoms with E-state index in [0.717, 1.165) is 54.1 Å². The molecule has 218 valence electrons. The van der Waals surface area contributed by atoms with Crippen molar-refractivity contribution >= 4 is 29.1 Å². The predicted octanol–water partition coefficient (Wildman–Crippen LogP) is 5.41. The molecule has 9 nitrogen and oxygen atoms in total. The molecule has 3 aromatic rings. The van der Waals surface area contributed by atoms with Crippen LogP contribution in [0.1, 0.15) is 31.2 Å². The number of fused-ring (bicyclic) bond motifs is 7. The van der Waals surface area contributed by atoms with Crippen molar-refractivity contribution in [2.45, 2.75) is 32.2 Å². The summed E-state index contributed by atoms with van der Waals surface area (Å²) in [5, 5.41) is 6.44. The van der Waals surface area contributed by atoms with Crippen LogP contribution in [-0.4, -0.2) is 64.9 Å². The van der Waals surface area contributed by atoms with Crippen LogP contribution in [0, 0.1) is 5.92 Å². The minimum atomic E-state index is -0.0769. The highest BCUT2D eigenvalue weighted by atomic mass is 16.5. The van der Waals surface area contributed by atoms with Gasteiger partial charge < -0.3 is 20.3 Å². The number of nitrogens with one attached hydrogen (secondary N) is 2. The SMILES string of the molecule is C=CC(=O)N1CCCC(CC(=O)Nc2cc3cc(c2)Nc2nccc(n2)-c2cccc(c2)OCC/C=C/CN(C)C3)C1. The van der Waals surface area contributed by atoms with Crippen LogP contribution in [0.4, 0.5) is 17.3 Å². The highest BCUT2D eigenvalue weighted by Gasteiger charge is 2.24. The predicted molar refractivity (Wildman–Crippen MR) is 166 cm³/mol. The van der Waals surface area contributed by atoms with Crippen molar-refractivity contribution in [1.82, 2.24) is 19.8 Å². The lowest BCUT2D eigenvalue weighted by atomic mass is 9.94. The molecule has 2 N–H and O–H groups in total. The fourth-order valence-electron chi connectivity index (χ4n) is 5.41. The largest absolute Gasteiger partial charge is 0.493 e. The number of aromatic nitrogens is 2. The van der Waals surface area contributed by atoms with Crippen molar-refractivity contribution in [2.75, 3.05) is 43.9 Å². The maximum atomic E-state index is 13.1. The molecule has 1 unspecified atom stereocenters. The smallest absolute Gasteiger partial charge is 0.245 e. The summed E-state index contributed by atoms with van der Waals surface area (Å²) in [5.74, 6) is 1.23. The quantitative estimate of drug-likeness (QED) is 0.322. The molecule has 2 aliphatic heterocycles. The van der Waals surface area contributed by atoms with E-state index in [1.165, 1.54) is 6.08 Å². The van der Waals surface area contributed by atoms with Gasteiger partial charge >= 0.3 is 0 Å². The van der Waals surface area contributed by atoms with E-state index in [1.807, 2.05) is 42.5 Å². The van der Waals surface area contributed by atoms with Gasteiger partial charge in [-0.2, -0.15) is 0 Å². The first-order valence-electron chi connectivity index (χ1n) is 14.5. The molecule has 2 aromatic carbocycles. The molecule has 0 aliphatic carbocycles. The molecule has 9 heteroatoms. The van der Waals surface area contributed by atoms with Crippen LogP contribution in [0.2, 0.25) is 0 Å². The Hall–Kier alpha value is -4.50. The Morgan fingerprint density at radius 1 is 1.19 bits per heavy atom. The Morgan fingerprint density at radius 2 is 2.10 bits per heavy atom.